The molecule has 1 aromatic carbocycles. The molecule has 0 aliphatic carbocycles. The molecule has 1 atom stereocenters. The van der Waals surface area contributed by atoms with Crippen molar-refractivity contribution in [2.24, 2.45) is 0 Å². The summed E-state index contributed by atoms with van der Waals surface area (Å²) in [5, 5.41) is 12.9. The molecule has 0 fully saturated rings. The standard InChI is InChI=1S/C16H21NO2S/c1-16(2,19)14(11-12-20-3)17-15(18)10-9-13-7-5-4-6-8-13/h4-8,14,19H,11-12H2,1-3H3,(H,17,18)/t14-/m0/s1. The first-order chi connectivity index (χ1) is 9.43. The smallest absolute Gasteiger partial charge is 0.296 e. The number of aliphatic hydroxyl groups is 1. The third-order valence-corrected chi connectivity index (χ3v) is 3.51. The highest BCUT2D eigenvalue weighted by molar-refractivity contribution is 7.98. The minimum atomic E-state index is -0.959. The summed E-state index contributed by atoms with van der Waals surface area (Å²) in [6, 6.07) is 9.05. The van der Waals surface area contributed by atoms with Gasteiger partial charge < -0.3 is 10.4 Å². The van der Waals surface area contributed by atoms with Crippen LogP contribution in [0.25, 0.3) is 0 Å². The highest BCUT2D eigenvalue weighted by Crippen LogP contribution is 2.14. The number of hydrogen-bond acceptors (Lipinski definition) is 3. The van der Waals surface area contributed by atoms with E-state index in [1.165, 1.54) is 0 Å². The third kappa shape index (κ3) is 6.14. The fourth-order valence-electron chi connectivity index (χ4n) is 1.68. The van der Waals surface area contributed by atoms with Crippen molar-refractivity contribution >= 4 is 17.7 Å². The second-order valence-electron chi connectivity index (χ2n) is 5.08. The van der Waals surface area contributed by atoms with Gasteiger partial charge in [-0.3, -0.25) is 4.79 Å². The first kappa shape index (κ1) is 16.6. The molecule has 0 aliphatic heterocycles. The summed E-state index contributed by atoms with van der Waals surface area (Å²) in [5.41, 5.74) is -0.161. The number of hydrogen-bond donors (Lipinski definition) is 2. The molecule has 1 aromatic rings. The molecule has 108 valence electrons. The summed E-state index contributed by atoms with van der Waals surface area (Å²) < 4.78 is 0. The van der Waals surface area contributed by atoms with E-state index in [9.17, 15) is 9.90 Å². The van der Waals surface area contributed by atoms with E-state index in [1.807, 2.05) is 36.6 Å². The van der Waals surface area contributed by atoms with Crippen LogP contribution in [0.15, 0.2) is 30.3 Å². The Hall–Kier alpha value is -1.44. The zero-order valence-corrected chi connectivity index (χ0v) is 13.0. The number of thioether (sulfide) groups is 1. The van der Waals surface area contributed by atoms with Crippen LogP contribution in [-0.2, 0) is 4.79 Å². The van der Waals surface area contributed by atoms with Gasteiger partial charge in [0.15, 0.2) is 0 Å². The Labute approximate surface area is 125 Å². The largest absolute Gasteiger partial charge is 0.388 e. The average molecular weight is 291 g/mol. The lowest BCUT2D eigenvalue weighted by Gasteiger charge is -2.29. The second-order valence-corrected chi connectivity index (χ2v) is 6.06. The van der Waals surface area contributed by atoms with Crippen LogP contribution in [-0.4, -0.2) is 34.7 Å². The van der Waals surface area contributed by atoms with Gasteiger partial charge in [0.1, 0.15) is 0 Å². The number of rotatable bonds is 5. The third-order valence-electron chi connectivity index (χ3n) is 2.86. The lowest BCUT2D eigenvalue weighted by Crippen LogP contribution is -2.49. The fraction of sp³-hybridized carbons (Fsp3) is 0.438. The van der Waals surface area contributed by atoms with E-state index < -0.39 is 5.60 Å². The normalized spacial score (nSPS) is 12.2. The molecule has 0 saturated heterocycles. The van der Waals surface area contributed by atoms with Crippen molar-refractivity contribution in [3.8, 4) is 11.8 Å². The van der Waals surface area contributed by atoms with E-state index in [0.717, 1.165) is 11.3 Å². The van der Waals surface area contributed by atoms with E-state index in [1.54, 1.807) is 25.6 Å². The van der Waals surface area contributed by atoms with Crippen molar-refractivity contribution in [2.75, 3.05) is 12.0 Å². The van der Waals surface area contributed by atoms with Crippen LogP contribution >= 0.6 is 11.8 Å². The van der Waals surface area contributed by atoms with Gasteiger partial charge in [0, 0.05) is 11.5 Å². The first-order valence-electron chi connectivity index (χ1n) is 6.52. The number of carbonyl (C=O) groups is 1. The molecule has 1 rings (SSSR count). The molecular weight excluding hydrogens is 270 g/mol. The predicted molar refractivity (Wildman–Crippen MR) is 84.5 cm³/mol. The number of carbonyl (C=O) groups excluding carboxylic acids is 1. The number of benzene rings is 1. The quantitative estimate of drug-likeness (QED) is 0.816. The molecule has 2 N–H and O–H groups in total. The van der Waals surface area contributed by atoms with Gasteiger partial charge in [-0.05, 0) is 44.4 Å². The predicted octanol–water partition coefficient (Wildman–Crippen LogP) is 2.05. The minimum Gasteiger partial charge on any atom is -0.388 e. The summed E-state index contributed by atoms with van der Waals surface area (Å²) in [6.45, 7) is 3.39. The van der Waals surface area contributed by atoms with Gasteiger partial charge in [-0.25, -0.2) is 0 Å². The SMILES string of the molecule is CSCC[C@H](NC(=O)C#Cc1ccccc1)C(C)(C)O. The molecular formula is C16H21NO2S. The molecule has 4 heteroatoms. The fourth-order valence-corrected chi connectivity index (χ4v) is 2.15. The van der Waals surface area contributed by atoms with Crippen molar-refractivity contribution in [3.05, 3.63) is 35.9 Å². The van der Waals surface area contributed by atoms with E-state index in [4.69, 9.17) is 0 Å². The van der Waals surface area contributed by atoms with E-state index in [2.05, 4.69) is 17.2 Å². The van der Waals surface area contributed by atoms with Crippen molar-refractivity contribution in [1.82, 2.24) is 5.32 Å². The van der Waals surface area contributed by atoms with E-state index in [0.29, 0.717) is 6.42 Å². The van der Waals surface area contributed by atoms with Crippen molar-refractivity contribution < 1.29 is 9.90 Å². The Balaban J connectivity index is 2.65. The van der Waals surface area contributed by atoms with Gasteiger partial charge in [-0.2, -0.15) is 11.8 Å². The molecule has 0 spiro atoms. The molecule has 0 saturated carbocycles. The maximum absolute atomic E-state index is 11.8. The second kappa shape index (κ2) is 7.98. The van der Waals surface area contributed by atoms with Gasteiger partial charge >= 0.3 is 0 Å². The van der Waals surface area contributed by atoms with E-state index in [-0.39, 0.29) is 11.9 Å². The molecule has 20 heavy (non-hydrogen) atoms. The van der Waals surface area contributed by atoms with Gasteiger partial charge in [-0.15, -0.1) is 0 Å². The summed E-state index contributed by atoms with van der Waals surface area (Å²) in [5.74, 6) is 5.89. The first-order valence-corrected chi connectivity index (χ1v) is 7.91. The van der Waals surface area contributed by atoms with Crippen LogP contribution in [0.5, 0.6) is 0 Å². The monoisotopic (exact) mass is 291 g/mol. The maximum atomic E-state index is 11.8. The zero-order valence-electron chi connectivity index (χ0n) is 12.1. The highest BCUT2D eigenvalue weighted by Gasteiger charge is 2.27. The van der Waals surface area contributed by atoms with Crippen LogP contribution in [0.1, 0.15) is 25.8 Å². The maximum Gasteiger partial charge on any atom is 0.296 e. The van der Waals surface area contributed by atoms with Gasteiger partial charge in [0.2, 0.25) is 0 Å². The number of amides is 1. The Morgan fingerprint density at radius 1 is 1.40 bits per heavy atom. The summed E-state index contributed by atoms with van der Waals surface area (Å²) in [7, 11) is 0. The average Bonchev–Trinajstić information content (AvgIpc) is 2.41. The van der Waals surface area contributed by atoms with Crippen molar-refractivity contribution in [2.45, 2.75) is 31.9 Å². The molecule has 1 amide bonds. The Kier molecular flexibility index (Phi) is 6.63. The van der Waals surface area contributed by atoms with Gasteiger partial charge in [-0.1, -0.05) is 24.1 Å². The van der Waals surface area contributed by atoms with Gasteiger partial charge in [0.25, 0.3) is 5.91 Å². The van der Waals surface area contributed by atoms with Crippen LogP contribution in [0, 0.1) is 11.8 Å². The molecule has 0 radical (unpaired) electrons. The summed E-state index contributed by atoms with van der Waals surface area (Å²) in [6.07, 6.45) is 2.71. The Morgan fingerprint density at radius 3 is 2.60 bits per heavy atom. The van der Waals surface area contributed by atoms with Crippen LogP contribution in [0.2, 0.25) is 0 Å². The van der Waals surface area contributed by atoms with Crippen LogP contribution in [0.3, 0.4) is 0 Å². The topological polar surface area (TPSA) is 49.3 Å². The Morgan fingerprint density at radius 2 is 2.05 bits per heavy atom. The number of nitrogens with one attached hydrogen (secondary N) is 1. The molecule has 3 nitrogen and oxygen atoms in total. The van der Waals surface area contributed by atoms with Crippen LogP contribution in [0.4, 0.5) is 0 Å². The van der Waals surface area contributed by atoms with E-state index >= 15 is 0 Å². The van der Waals surface area contributed by atoms with Crippen molar-refractivity contribution in [3.63, 3.8) is 0 Å². The van der Waals surface area contributed by atoms with Crippen molar-refractivity contribution in [1.29, 1.82) is 0 Å². The minimum absolute atomic E-state index is 0.299. The lowest BCUT2D eigenvalue weighted by atomic mass is 9.96. The molecule has 0 heterocycles. The highest BCUT2D eigenvalue weighted by atomic mass is 32.2. The molecule has 0 bridgehead atoms. The zero-order chi connectivity index (χ0) is 15.0. The van der Waals surface area contributed by atoms with Gasteiger partial charge in [0.05, 0.1) is 11.6 Å². The molecule has 0 aliphatic rings. The summed E-state index contributed by atoms with van der Waals surface area (Å²) >= 11 is 1.68. The molecule has 0 aromatic heterocycles. The lowest BCUT2D eigenvalue weighted by molar-refractivity contribution is -0.118. The summed E-state index contributed by atoms with van der Waals surface area (Å²) in [4.78, 5) is 11.8. The van der Waals surface area contributed by atoms with Crippen LogP contribution < -0.4 is 5.32 Å². The Bertz CT molecular complexity index is 483. The molecule has 0 unspecified atom stereocenters.